The van der Waals surface area contributed by atoms with Crippen LogP contribution in [0, 0.1) is 23.0 Å². The van der Waals surface area contributed by atoms with Gasteiger partial charge in [0.05, 0.1) is 24.2 Å². The van der Waals surface area contributed by atoms with Crippen molar-refractivity contribution in [3.8, 4) is 12.1 Å². The number of nitrogens with zero attached hydrogens (tertiary/aromatic N) is 6. The molecule has 2 aliphatic heterocycles. The average molecular weight is 581 g/mol. The molecule has 1 aromatic heterocycles. The van der Waals surface area contributed by atoms with Crippen LogP contribution < -0.4 is 9.64 Å². The van der Waals surface area contributed by atoms with Crippen molar-refractivity contribution in [3.63, 3.8) is 0 Å². The van der Waals surface area contributed by atoms with E-state index in [0.29, 0.717) is 63.2 Å². The number of nitriles is 1. The van der Waals surface area contributed by atoms with E-state index in [1.807, 2.05) is 4.90 Å². The molecule has 42 heavy (non-hydrogen) atoms. The highest BCUT2D eigenvalue weighted by molar-refractivity contribution is 5.91. The monoisotopic (exact) mass is 580 g/mol. The summed E-state index contributed by atoms with van der Waals surface area (Å²) in [6, 6.07) is 4.50. The Morgan fingerprint density at radius 1 is 1.19 bits per heavy atom. The maximum atomic E-state index is 15.2. The Labute approximate surface area is 243 Å². The van der Waals surface area contributed by atoms with Crippen LogP contribution in [-0.4, -0.2) is 77.6 Å². The highest BCUT2D eigenvalue weighted by Gasteiger charge is 2.45. The molecule has 0 saturated carbocycles. The number of ether oxygens (including phenoxy) is 1. The number of fused-ring (bicyclic) bond motifs is 3. The van der Waals surface area contributed by atoms with Gasteiger partial charge in [-0.15, -0.1) is 0 Å². The van der Waals surface area contributed by atoms with Crippen LogP contribution in [0.4, 0.5) is 19.0 Å². The van der Waals surface area contributed by atoms with Crippen LogP contribution in [0.1, 0.15) is 54.5 Å². The SMILES string of the molecule is C=C(F)C(=O)N1CCN(c2nc(OC[C@@H]3CCCN3C)nc3c2CCC2(CCc4cc(F)cc(F)c42)C3)C[C@@H]1CC#N. The van der Waals surface area contributed by atoms with Crippen molar-refractivity contribution in [2.45, 2.75) is 68.9 Å². The zero-order valence-corrected chi connectivity index (χ0v) is 23.8. The summed E-state index contributed by atoms with van der Waals surface area (Å²) in [6.07, 6.45) is 5.23. The van der Waals surface area contributed by atoms with E-state index >= 15 is 4.39 Å². The first-order valence-electron chi connectivity index (χ1n) is 14.7. The van der Waals surface area contributed by atoms with Gasteiger partial charge in [0, 0.05) is 49.1 Å². The molecule has 1 aromatic carbocycles. The number of anilines is 1. The van der Waals surface area contributed by atoms with E-state index in [-0.39, 0.29) is 25.0 Å². The van der Waals surface area contributed by atoms with Gasteiger partial charge in [0.15, 0.2) is 5.83 Å². The summed E-state index contributed by atoms with van der Waals surface area (Å²) in [5.74, 6) is -2.23. The average Bonchev–Trinajstić information content (AvgIpc) is 3.53. The smallest absolute Gasteiger partial charge is 0.318 e. The van der Waals surface area contributed by atoms with Crippen LogP contribution in [0.15, 0.2) is 24.5 Å². The van der Waals surface area contributed by atoms with Crippen LogP contribution >= 0.6 is 0 Å². The van der Waals surface area contributed by atoms with E-state index in [1.165, 1.54) is 11.0 Å². The fourth-order valence-corrected chi connectivity index (χ4v) is 7.45. The third-order valence-electron chi connectivity index (χ3n) is 9.63. The number of likely N-dealkylation sites (tertiary alicyclic amines) is 1. The predicted octanol–water partition coefficient (Wildman–Crippen LogP) is 4.01. The zero-order chi connectivity index (χ0) is 29.6. The molecule has 1 spiro atoms. The Morgan fingerprint density at radius 3 is 2.74 bits per heavy atom. The summed E-state index contributed by atoms with van der Waals surface area (Å²) < 4.78 is 49.2. The lowest BCUT2D eigenvalue weighted by Gasteiger charge is -2.42. The maximum Gasteiger partial charge on any atom is 0.318 e. The van der Waals surface area contributed by atoms with Crippen molar-refractivity contribution in [3.05, 3.63) is 58.6 Å². The second kappa shape index (κ2) is 11.2. The minimum Gasteiger partial charge on any atom is -0.462 e. The molecule has 11 heteroatoms. The zero-order valence-electron chi connectivity index (χ0n) is 23.8. The molecule has 6 rings (SSSR count). The molecule has 1 amide bonds. The van der Waals surface area contributed by atoms with Gasteiger partial charge in [-0.2, -0.15) is 15.2 Å². The number of amides is 1. The Bertz CT molecular complexity index is 1460. The summed E-state index contributed by atoms with van der Waals surface area (Å²) >= 11 is 0. The van der Waals surface area contributed by atoms with Crippen molar-refractivity contribution < 1.29 is 22.7 Å². The van der Waals surface area contributed by atoms with Crippen LogP contribution in [-0.2, 0) is 29.5 Å². The lowest BCUT2D eigenvalue weighted by atomic mass is 9.69. The molecular weight excluding hydrogens is 545 g/mol. The van der Waals surface area contributed by atoms with Gasteiger partial charge >= 0.3 is 6.01 Å². The Kier molecular flexibility index (Phi) is 7.60. The van der Waals surface area contributed by atoms with Gasteiger partial charge in [-0.05, 0) is 69.3 Å². The summed E-state index contributed by atoms with van der Waals surface area (Å²) in [6.45, 7) is 5.49. The van der Waals surface area contributed by atoms with Crippen LogP contribution in [0.2, 0.25) is 0 Å². The highest BCUT2D eigenvalue weighted by atomic mass is 19.1. The molecule has 4 aliphatic rings. The van der Waals surface area contributed by atoms with E-state index < -0.39 is 34.8 Å². The number of carbonyl (C=O) groups excluding carboxylic acids is 1. The fourth-order valence-electron chi connectivity index (χ4n) is 7.45. The van der Waals surface area contributed by atoms with Gasteiger partial charge in [0.1, 0.15) is 24.1 Å². The normalized spacial score (nSPS) is 25.3. The summed E-state index contributed by atoms with van der Waals surface area (Å²) in [5, 5.41) is 9.46. The summed E-state index contributed by atoms with van der Waals surface area (Å²) in [7, 11) is 2.07. The third kappa shape index (κ3) is 5.10. The van der Waals surface area contributed by atoms with Gasteiger partial charge in [0.2, 0.25) is 0 Å². The van der Waals surface area contributed by atoms with Crippen LogP contribution in [0.25, 0.3) is 0 Å². The molecule has 3 atom stereocenters. The molecule has 0 N–H and O–H groups in total. The molecule has 0 radical (unpaired) electrons. The highest BCUT2D eigenvalue weighted by Crippen LogP contribution is 2.50. The van der Waals surface area contributed by atoms with E-state index in [2.05, 4.69) is 24.6 Å². The van der Waals surface area contributed by atoms with E-state index in [4.69, 9.17) is 14.7 Å². The number of hydrogen-bond donors (Lipinski definition) is 0. The first-order valence-corrected chi connectivity index (χ1v) is 14.7. The maximum absolute atomic E-state index is 15.2. The van der Waals surface area contributed by atoms with Gasteiger partial charge in [-0.3, -0.25) is 4.79 Å². The molecule has 2 saturated heterocycles. The Balaban J connectivity index is 1.35. The minimum absolute atomic E-state index is 0.0376. The molecule has 1 unspecified atom stereocenters. The van der Waals surface area contributed by atoms with Crippen molar-refractivity contribution in [2.24, 2.45) is 0 Å². The summed E-state index contributed by atoms with van der Waals surface area (Å²) in [4.78, 5) is 27.8. The Hall–Kier alpha value is -3.65. The number of aromatic nitrogens is 2. The van der Waals surface area contributed by atoms with Gasteiger partial charge < -0.3 is 19.4 Å². The molecule has 8 nitrogen and oxygen atoms in total. The van der Waals surface area contributed by atoms with Gasteiger partial charge in [-0.25, -0.2) is 13.2 Å². The summed E-state index contributed by atoms with van der Waals surface area (Å²) in [5.41, 5.74) is 2.56. The standard InChI is InChI=1S/C31H35F3N6O2/c1-19(32)29(41)40-13-12-39(17-22(40)7-10-35)28-24-6-9-31(8-5-20-14-21(33)15-25(34)27(20)31)16-26(24)36-30(37-28)42-18-23-4-3-11-38(23)2/h14-15,22-23H,1,3-9,11-13,16-18H2,2H3/t22-,23-,31?/m0/s1. The number of carbonyl (C=O) groups is 1. The second-order valence-corrected chi connectivity index (χ2v) is 12.1. The molecule has 2 aromatic rings. The molecule has 2 fully saturated rings. The second-order valence-electron chi connectivity index (χ2n) is 12.1. The molecule has 222 valence electrons. The number of rotatable bonds is 6. The minimum atomic E-state index is -1.05. The number of likely N-dealkylation sites (N-methyl/N-ethyl adjacent to an activating group) is 1. The third-order valence-corrected chi connectivity index (χ3v) is 9.63. The molecule has 2 aliphatic carbocycles. The molecule has 0 bridgehead atoms. The van der Waals surface area contributed by atoms with Gasteiger partial charge in [-0.1, -0.05) is 6.58 Å². The fraction of sp³-hybridized carbons (Fsp3) is 0.548. The van der Waals surface area contributed by atoms with Crippen LogP contribution in [0.3, 0.4) is 0 Å². The predicted molar refractivity (Wildman–Crippen MR) is 150 cm³/mol. The van der Waals surface area contributed by atoms with Gasteiger partial charge in [0.25, 0.3) is 5.91 Å². The lowest BCUT2D eigenvalue weighted by Crippen LogP contribution is -2.55. The number of halogens is 3. The first kappa shape index (κ1) is 28.5. The van der Waals surface area contributed by atoms with Crippen molar-refractivity contribution in [1.82, 2.24) is 19.8 Å². The van der Waals surface area contributed by atoms with E-state index in [0.717, 1.165) is 42.3 Å². The van der Waals surface area contributed by atoms with Crippen molar-refractivity contribution in [2.75, 3.05) is 44.7 Å². The van der Waals surface area contributed by atoms with Crippen LogP contribution in [0.5, 0.6) is 6.01 Å². The van der Waals surface area contributed by atoms with E-state index in [1.54, 1.807) is 0 Å². The van der Waals surface area contributed by atoms with Crippen molar-refractivity contribution >= 4 is 11.7 Å². The quantitative estimate of drug-likeness (QED) is 0.478. The number of piperazine rings is 1. The Morgan fingerprint density at radius 2 is 2.00 bits per heavy atom. The number of hydrogen-bond acceptors (Lipinski definition) is 7. The molecular formula is C31H35F3N6O2. The van der Waals surface area contributed by atoms with Crippen molar-refractivity contribution in [1.29, 1.82) is 5.26 Å². The number of aryl methyl sites for hydroxylation is 1. The molecule has 3 heterocycles. The largest absolute Gasteiger partial charge is 0.462 e. The lowest BCUT2D eigenvalue weighted by molar-refractivity contribution is -0.131. The van der Waals surface area contributed by atoms with E-state index in [9.17, 15) is 18.8 Å². The number of benzene rings is 1. The first-order chi connectivity index (χ1) is 20.2. The topological polar surface area (TPSA) is 85.6 Å².